The third-order valence-electron chi connectivity index (χ3n) is 4.15. The van der Waals surface area contributed by atoms with Crippen LogP contribution in [0.1, 0.15) is 30.1 Å². The highest BCUT2D eigenvalue weighted by Crippen LogP contribution is 2.34. The molecule has 1 saturated heterocycles. The first-order valence-corrected chi connectivity index (χ1v) is 8.31. The van der Waals surface area contributed by atoms with Crippen LogP contribution in [-0.4, -0.2) is 59.7 Å². The minimum Gasteiger partial charge on any atom is -0.467 e. The molecule has 8 heteroatoms. The molecule has 3 heterocycles. The monoisotopic (exact) mass is 344 g/mol. The van der Waals surface area contributed by atoms with Gasteiger partial charge in [-0.2, -0.15) is 9.97 Å². The van der Waals surface area contributed by atoms with E-state index in [4.69, 9.17) is 9.47 Å². The van der Waals surface area contributed by atoms with Crippen LogP contribution in [-0.2, 0) is 6.54 Å². The first-order valence-electron chi connectivity index (χ1n) is 8.31. The SMILES string of the molecule is COc1nc(OC)nc(N2CCC[C@@H]2c2ccc(CN(C)C)cn2)n1. The van der Waals surface area contributed by atoms with Crippen molar-refractivity contribution in [1.29, 1.82) is 0 Å². The van der Waals surface area contributed by atoms with Crippen LogP contribution in [0, 0.1) is 0 Å². The molecule has 0 spiro atoms. The van der Waals surface area contributed by atoms with Crippen molar-refractivity contribution < 1.29 is 9.47 Å². The number of nitrogens with zero attached hydrogens (tertiary/aromatic N) is 6. The van der Waals surface area contributed by atoms with Crippen molar-refractivity contribution in [2.45, 2.75) is 25.4 Å². The first-order chi connectivity index (χ1) is 12.1. The molecule has 2 aromatic heterocycles. The Labute approximate surface area is 147 Å². The molecule has 1 aliphatic heterocycles. The van der Waals surface area contributed by atoms with Crippen LogP contribution in [0.5, 0.6) is 12.0 Å². The topological polar surface area (TPSA) is 76.5 Å². The van der Waals surface area contributed by atoms with Gasteiger partial charge in [0.2, 0.25) is 5.95 Å². The quantitative estimate of drug-likeness (QED) is 0.783. The van der Waals surface area contributed by atoms with E-state index in [9.17, 15) is 0 Å². The van der Waals surface area contributed by atoms with E-state index in [0.29, 0.717) is 5.95 Å². The van der Waals surface area contributed by atoms with E-state index in [1.807, 2.05) is 20.3 Å². The van der Waals surface area contributed by atoms with Gasteiger partial charge in [0.25, 0.3) is 0 Å². The third kappa shape index (κ3) is 3.96. The molecule has 0 amide bonds. The van der Waals surface area contributed by atoms with Crippen LogP contribution < -0.4 is 14.4 Å². The molecule has 3 rings (SSSR count). The minimum atomic E-state index is 0.144. The average Bonchev–Trinajstić information content (AvgIpc) is 3.11. The lowest BCUT2D eigenvalue weighted by Crippen LogP contribution is -2.26. The number of rotatable bonds is 6. The van der Waals surface area contributed by atoms with E-state index in [-0.39, 0.29) is 18.1 Å². The number of pyridine rings is 1. The van der Waals surface area contributed by atoms with E-state index in [0.717, 1.165) is 31.6 Å². The van der Waals surface area contributed by atoms with Crippen molar-refractivity contribution in [1.82, 2.24) is 24.8 Å². The normalized spacial score (nSPS) is 17.2. The van der Waals surface area contributed by atoms with Crippen LogP contribution in [0.3, 0.4) is 0 Å². The maximum Gasteiger partial charge on any atom is 0.324 e. The van der Waals surface area contributed by atoms with Gasteiger partial charge in [0.05, 0.1) is 26.0 Å². The lowest BCUT2D eigenvalue weighted by atomic mass is 10.1. The summed E-state index contributed by atoms with van der Waals surface area (Å²) in [6.07, 6.45) is 4.01. The Balaban J connectivity index is 1.85. The fourth-order valence-corrected chi connectivity index (χ4v) is 3.04. The summed E-state index contributed by atoms with van der Waals surface area (Å²) in [5, 5.41) is 0. The maximum atomic E-state index is 5.16. The van der Waals surface area contributed by atoms with Crippen LogP contribution in [0.2, 0.25) is 0 Å². The highest BCUT2D eigenvalue weighted by Gasteiger charge is 2.30. The Morgan fingerprint density at radius 2 is 1.84 bits per heavy atom. The molecule has 0 N–H and O–H groups in total. The predicted octanol–water partition coefficient (Wildman–Crippen LogP) is 1.69. The zero-order valence-corrected chi connectivity index (χ0v) is 15.1. The fourth-order valence-electron chi connectivity index (χ4n) is 3.04. The van der Waals surface area contributed by atoms with Gasteiger partial charge < -0.3 is 19.3 Å². The highest BCUT2D eigenvalue weighted by molar-refractivity contribution is 5.38. The molecule has 0 saturated carbocycles. The molecular formula is C17H24N6O2. The molecule has 1 atom stereocenters. The summed E-state index contributed by atoms with van der Waals surface area (Å²) in [6, 6.07) is 4.87. The van der Waals surface area contributed by atoms with E-state index in [1.54, 1.807) is 0 Å². The smallest absolute Gasteiger partial charge is 0.324 e. The van der Waals surface area contributed by atoms with Gasteiger partial charge in [-0.05, 0) is 38.6 Å². The summed E-state index contributed by atoms with van der Waals surface area (Å²) in [6.45, 7) is 1.74. The Morgan fingerprint density at radius 3 is 2.40 bits per heavy atom. The lowest BCUT2D eigenvalue weighted by Gasteiger charge is -2.24. The summed E-state index contributed by atoms with van der Waals surface area (Å²) in [5.41, 5.74) is 2.22. The number of aromatic nitrogens is 4. The van der Waals surface area contributed by atoms with Crippen LogP contribution >= 0.6 is 0 Å². The van der Waals surface area contributed by atoms with Crippen molar-refractivity contribution in [2.24, 2.45) is 0 Å². The molecule has 2 aromatic rings. The summed E-state index contributed by atoms with van der Waals surface area (Å²) in [4.78, 5) is 21.8. The molecule has 0 aliphatic carbocycles. The fraction of sp³-hybridized carbons (Fsp3) is 0.529. The van der Waals surface area contributed by atoms with Gasteiger partial charge in [0, 0.05) is 19.3 Å². The Bertz CT molecular complexity index is 685. The molecule has 25 heavy (non-hydrogen) atoms. The van der Waals surface area contributed by atoms with Gasteiger partial charge in [0.1, 0.15) is 0 Å². The second kappa shape index (κ2) is 7.60. The van der Waals surface area contributed by atoms with Gasteiger partial charge in [-0.1, -0.05) is 6.07 Å². The first kappa shape index (κ1) is 17.3. The summed E-state index contributed by atoms with van der Waals surface area (Å²) < 4.78 is 10.3. The van der Waals surface area contributed by atoms with E-state index >= 15 is 0 Å². The molecule has 0 aromatic carbocycles. The van der Waals surface area contributed by atoms with Gasteiger partial charge in [-0.15, -0.1) is 4.98 Å². The Morgan fingerprint density at radius 1 is 1.12 bits per heavy atom. The van der Waals surface area contributed by atoms with Crippen LogP contribution in [0.25, 0.3) is 0 Å². The number of methoxy groups -OCH3 is 2. The van der Waals surface area contributed by atoms with Gasteiger partial charge in [-0.25, -0.2) is 0 Å². The maximum absolute atomic E-state index is 5.16. The van der Waals surface area contributed by atoms with Crippen molar-refractivity contribution in [3.05, 3.63) is 29.6 Å². The molecule has 8 nitrogen and oxygen atoms in total. The van der Waals surface area contributed by atoms with Crippen molar-refractivity contribution in [3.63, 3.8) is 0 Å². The van der Waals surface area contributed by atoms with Gasteiger partial charge >= 0.3 is 12.0 Å². The molecule has 0 unspecified atom stereocenters. The average molecular weight is 344 g/mol. The zero-order chi connectivity index (χ0) is 17.8. The summed E-state index contributed by atoms with van der Waals surface area (Å²) >= 11 is 0. The summed E-state index contributed by atoms with van der Waals surface area (Å²) in [7, 11) is 7.17. The molecule has 1 aliphatic rings. The third-order valence-corrected chi connectivity index (χ3v) is 4.15. The molecule has 134 valence electrons. The number of hydrogen-bond acceptors (Lipinski definition) is 8. The van der Waals surface area contributed by atoms with Crippen molar-refractivity contribution in [3.8, 4) is 12.0 Å². The second-order valence-corrected chi connectivity index (χ2v) is 6.29. The molecule has 0 bridgehead atoms. The van der Waals surface area contributed by atoms with E-state index in [2.05, 4.69) is 41.9 Å². The number of anilines is 1. The van der Waals surface area contributed by atoms with E-state index in [1.165, 1.54) is 19.8 Å². The number of ether oxygens (including phenoxy) is 2. The zero-order valence-electron chi connectivity index (χ0n) is 15.1. The number of hydrogen-bond donors (Lipinski definition) is 0. The van der Waals surface area contributed by atoms with Gasteiger partial charge in [-0.3, -0.25) is 4.98 Å². The molecule has 1 fully saturated rings. The van der Waals surface area contributed by atoms with Gasteiger partial charge in [0.15, 0.2) is 0 Å². The van der Waals surface area contributed by atoms with Crippen molar-refractivity contribution in [2.75, 3.05) is 39.8 Å². The minimum absolute atomic E-state index is 0.144. The molecule has 0 radical (unpaired) electrons. The second-order valence-electron chi connectivity index (χ2n) is 6.29. The lowest BCUT2D eigenvalue weighted by molar-refractivity contribution is 0.339. The highest BCUT2D eigenvalue weighted by atomic mass is 16.5. The summed E-state index contributed by atoms with van der Waals surface area (Å²) in [5.74, 6) is 0.561. The Kier molecular flexibility index (Phi) is 5.28. The van der Waals surface area contributed by atoms with E-state index < -0.39 is 0 Å². The van der Waals surface area contributed by atoms with Crippen LogP contribution in [0.4, 0.5) is 5.95 Å². The standard InChI is InChI=1S/C17H24N6O2/c1-22(2)11-12-7-8-13(18-10-12)14-6-5-9-23(14)15-19-16(24-3)21-17(20-15)25-4/h7-8,10,14H,5-6,9,11H2,1-4H3/t14-/m1/s1. The van der Waals surface area contributed by atoms with Crippen LogP contribution in [0.15, 0.2) is 18.3 Å². The van der Waals surface area contributed by atoms with Crippen molar-refractivity contribution >= 4 is 5.95 Å². The predicted molar refractivity (Wildman–Crippen MR) is 93.9 cm³/mol. The molecular weight excluding hydrogens is 320 g/mol. The Hall–Kier alpha value is -2.48. The largest absolute Gasteiger partial charge is 0.467 e.